The number of fused-ring (bicyclic) bond motifs is 1. The number of phenolic OH excluding ortho intramolecular Hbond substituents is 1. The first-order valence-corrected chi connectivity index (χ1v) is 7.51. The second-order valence-electron chi connectivity index (χ2n) is 4.77. The molecule has 0 aromatic heterocycles. The zero-order chi connectivity index (χ0) is 15.5. The summed E-state index contributed by atoms with van der Waals surface area (Å²) in [5.74, 6) is 1.33. The van der Waals surface area contributed by atoms with Crippen molar-refractivity contribution in [2.24, 2.45) is 4.99 Å². The third-order valence-electron chi connectivity index (χ3n) is 3.14. The number of rotatable bonds is 2. The second kappa shape index (κ2) is 6.46. The van der Waals surface area contributed by atoms with Crippen LogP contribution in [-0.4, -0.2) is 24.5 Å². The molecule has 0 radical (unpaired) electrons. The van der Waals surface area contributed by atoms with Gasteiger partial charge in [-0.15, -0.1) is 0 Å². The molecule has 0 amide bonds. The highest BCUT2D eigenvalue weighted by atomic mass is 35.5. The first-order chi connectivity index (χ1) is 10.6. The third kappa shape index (κ3) is 3.29. The number of hydrogen-bond acceptors (Lipinski definition) is 4. The van der Waals surface area contributed by atoms with Crippen molar-refractivity contribution in [1.29, 1.82) is 0 Å². The molecule has 6 heteroatoms. The van der Waals surface area contributed by atoms with E-state index in [1.54, 1.807) is 12.1 Å². The van der Waals surface area contributed by atoms with Crippen molar-refractivity contribution >= 4 is 35.1 Å². The Bertz CT molecular complexity index is 732. The Kier molecular flexibility index (Phi) is 4.41. The number of hydrogen-bond donors (Lipinski definition) is 1. The van der Waals surface area contributed by atoms with E-state index in [2.05, 4.69) is 4.99 Å². The Morgan fingerprint density at radius 1 is 1.05 bits per heavy atom. The number of ether oxygens (including phenoxy) is 2. The average molecular weight is 338 g/mol. The molecule has 4 nitrogen and oxygen atoms in total. The van der Waals surface area contributed by atoms with E-state index in [9.17, 15) is 5.11 Å². The molecule has 1 aliphatic heterocycles. The van der Waals surface area contributed by atoms with Gasteiger partial charge in [-0.05, 0) is 24.3 Å². The van der Waals surface area contributed by atoms with E-state index in [1.165, 1.54) is 12.3 Å². The maximum Gasteiger partial charge on any atom is 0.163 e. The summed E-state index contributed by atoms with van der Waals surface area (Å²) >= 11 is 11.8. The normalized spacial score (nSPS) is 14.1. The van der Waals surface area contributed by atoms with Gasteiger partial charge in [-0.25, -0.2) is 0 Å². The molecule has 1 N–H and O–H groups in total. The van der Waals surface area contributed by atoms with Crippen LogP contribution in [0.25, 0.3) is 0 Å². The highest BCUT2D eigenvalue weighted by molar-refractivity contribution is 6.36. The number of aromatic hydroxyl groups is 1. The fourth-order valence-corrected chi connectivity index (χ4v) is 2.57. The van der Waals surface area contributed by atoms with Gasteiger partial charge in [0.1, 0.15) is 5.75 Å². The predicted molar refractivity (Wildman–Crippen MR) is 87.4 cm³/mol. The molecule has 0 bridgehead atoms. The van der Waals surface area contributed by atoms with Gasteiger partial charge in [-0.2, -0.15) is 0 Å². The van der Waals surface area contributed by atoms with Gasteiger partial charge >= 0.3 is 0 Å². The van der Waals surface area contributed by atoms with Crippen LogP contribution in [-0.2, 0) is 0 Å². The maximum atomic E-state index is 9.90. The lowest BCUT2D eigenvalue weighted by atomic mass is 10.2. The molecule has 0 fully saturated rings. The maximum absolute atomic E-state index is 9.90. The summed E-state index contributed by atoms with van der Waals surface area (Å²) in [7, 11) is 0. The van der Waals surface area contributed by atoms with Gasteiger partial charge in [0.25, 0.3) is 0 Å². The monoisotopic (exact) mass is 337 g/mol. The first-order valence-electron chi connectivity index (χ1n) is 6.75. The molecule has 0 atom stereocenters. The number of halogens is 2. The van der Waals surface area contributed by atoms with Gasteiger partial charge in [-0.3, -0.25) is 4.99 Å². The number of benzene rings is 2. The molecular formula is C16H13Cl2NO3. The summed E-state index contributed by atoms with van der Waals surface area (Å²) in [5, 5.41) is 10.5. The van der Waals surface area contributed by atoms with Crippen molar-refractivity contribution in [3.05, 3.63) is 45.9 Å². The summed E-state index contributed by atoms with van der Waals surface area (Å²) in [6, 6.07) is 8.49. The van der Waals surface area contributed by atoms with Crippen LogP contribution in [0.3, 0.4) is 0 Å². The Hall–Kier alpha value is -1.91. The highest BCUT2D eigenvalue weighted by Gasteiger charge is 2.10. The molecule has 0 aliphatic carbocycles. The van der Waals surface area contributed by atoms with Gasteiger partial charge in [0, 0.05) is 29.3 Å². The molecule has 1 aliphatic rings. The van der Waals surface area contributed by atoms with Crippen molar-refractivity contribution in [3.8, 4) is 17.2 Å². The quantitative estimate of drug-likeness (QED) is 0.814. The van der Waals surface area contributed by atoms with Crippen molar-refractivity contribution in [3.63, 3.8) is 0 Å². The van der Waals surface area contributed by atoms with E-state index in [-0.39, 0.29) is 10.8 Å². The largest absolute Gasteiger partial charge is 0.506 e. The molecule has 0 unspecified atom stereocenters. The van der Waals surface area contributed by atoms with E-state index in [1.807, 2.05) is 12.1 Å². The Balaban J connectivity index is 1.88. The third-order valence-corrected chi connectivity index (χ3v) is 3.65. The fourth-order valence-electron chi connectivity index (χ4n) is 2.06. The van der Waals surface area contributed by atoms with Crippen molar-refractivity contribution < 1.29 is 14.6 Å². The first kappa shape index (κ1) is 15.0. The molecular weight excluding hydrogens is 325 g/mol. The molecule has 114 valence electrons. The van der Waals surface area contributed by atoms with Gasteiger partial charge in [0.15, 0.2) is 11.5 Å². The molecule has 2 aromatic carbocycles. The minimum atomic E-state index is -0.0517. The molecule has 0 saturated carbocycles. The predicted octanol–water partition coefficient (Wildman–Crippen LogP) is 4.61. The molecule has 2 aromatic rings. The molecule has 0 spiro atoms. The van der Waals surface area contributed by atoms with Gasteiger partial charge < -0.3 is 14.6 Å². The second-order valence-corrected chi connectivity index (χ2v) is 5.61. The topological polar surface area (TPSA) is 51.1 Å². The molecule has 1 heterocycles. The fraction of sp³-hybridized carbons (Fsp3) is 0.188. The standard InChI is InChI=1S/C16H13Cl2NO3/c17-11-6-10(16(20)13(18)7-11)9-19-12-2-3-14-15(8-12)22-5-1-4-21-14/h2-3,6-9,20H,1,4-5H2. The number of aliphatic imine (C=N–C) groups is 1. The van der Waals surface area contributed by atoms with E-state index in [0.717, 1.165) is 6.42 Å². The van der Waals surface area contributed by atoms with Crippen LogP contribution in [0.15, 0.2) is 35.3 Å². The van der Waals surface area contributed by atoms with Gasteiger partial charge in [-0.1, -0.05) is 23.2 Å². The lowest BCUT2D eigenvalue weighted by molar-refractivity contribution is 0.297. The highest BCUT2D eigenvalue weighted by Crippen LogP contribution is 2.34. The van der Waals surface area contributed by atoms with Crippen LogP contribution in [0.1, 0.15) is 12.0 Å². The lowest BCUT2D eigenvalue weighted by Crippen LogP contribution is -1.97. The summed E-state index contributed by atoms with van der Waals surface area (Å²) < 4.78 is 11.2. The average Bonchev–Trinajstić information content (AvgIpc) is 2.74. The minimum absolute atomic E-state index is 0.0517. The van der Waals surface area contributed by atoms with Crippen LogP contribution < -0.4 is 9.47 Å². The van der Waals surface area contributed by atoms with Gasteiger partial charge in [0.2, 0.25) is 0 Å². The van der Waals surface area contributed by atoms with Crippen LogP contribution >= 0.6 is 23.2 Å². The lowest BCUT2D eigenvalue weighted by Gasteiger charge is -2.07. The molecule has 3 rings (SSSR count). The Morgan fingerprint density at radius 3 is 2.64 bits per heavy atom. The summed E-state index contributed by atoms with van der Waals surface area (Å²) in [5.41, 5.74) is 1.13. The van der Waals surface area contributed by atoms with Crippen molar-refractivity contribution in [1.82, 2.24) is 0 Å². The number of nitrogens with zero attached hydrogens (tertiary/aromatic N) is 1. The molecule has 22 heavy (non-hydrogen) atoms. The van der Waals surface area contributed by atoms with E-state index in [0.29, 0.717) is 41.0 Å². The van der Waals surface area contributed by atoms with Crippen molar-refractivity contribution in [2.75, 3.05) is 13.2 Å². The van der Waals surface area contributed by atoms with Crippen molar-refractivity contribution in [2.45, 2.75) is 6.42 Å². The minimum Gasteiger partial charge on any atom is -0.506 e. The van der Waals surface area contributed by atoms with Crippen LogP contribution in [0.5, 0.6) is 17.2 Å². The van der Waals surface area contributed by atoms with E-state index < -0.39 is 0 Å². The molecule has 0 saturated heterocycles. The Morgan fingerprint density at radius 2 is 1.82 bits per heavy atom. The SMILES string of the molecule is Oc1c(Cl)cc(Cl)cc1C=Nc1ccc2c(c1)OCCCO2. The van der Waals surface area contributed by atoms with Crippen LogP contribution in [0.4, 0.5) is 5.69 Å². The van der Waals surface area contributed by atoms with Crippen LogP contribution in [0, 0.1) is 0 Å². The van der Waals surface area contributed by atoms with E-state index in [4.69, 9.17) is 32.7 Å². The zero-order valence-corrected chi connectivity index (χ0v) is 13.1. The summed E-state index contributed by atoms with van der Waals surface area (Å²) in [6.07, 6.45) is 2.36. The van der Waals surface area contributed by atoms with Gasteiger partial charge in [0.05, 0.1) is 23.9 Å². The zero-order valence-electron chi connectivity index (χ0n) is 11.6. The smallest absolute Gasteiger partial charge is 0.163 e. The summed E-state index contributed by atoms with van der Waals surface area (Å²) in [6.45, 7) is 1.26. The van der Waals surface area contributed by atoms with E-state index >= 15 is 0 Å². The van der Waals surface area contributed by atoms with Crippen LogP contribution in [0.2, 0.25) is 10.0 Å². The summed E-state index contributed by atoms with van der Waals surface area (Å²) in [4.78, 5) is 4.32. The Labute approximate surface area is 137 Å². The number of phenols is 1.